The van der Waals surface area contributed by atoms with Gasteiger partial charge in [-0.05, 0) is 37.1 Å². The first-order valence-corrected chi connectivity index (χ1v) is 10.7. The molecule has 9 heteroatoms. The molecule has 2 amide bonds. The first-order chi connectivity index (χ1) is 13.1. The lowest BCUT2D eigenvalue weighted by molar-refractivity contribution is -0.120. The van der Waals surface area contributed by atoms with Crippen LogP contribution in [0.3, 0.4) is 0 Å². The summed E-state index contributed by atoms with van der Waals surface area (Å²) in [5, 5.41) is 14.2. The first-order valence-electron chi connectivity index (χ1n) is 8.85. The molecule has 3 rings (SSSR count). The summed E-state index contributed by atoms with van der Waals surface area (Å²) in [5.41, 5.74) is 0.707. The van der Waals surface area contributed by atoms with Crippen LogP contribution in [0, 0.1) is 5.92 Å². The number of nitrogens with zero attached hydrogens (tertiary/aromatic N) is 2. The van der Waals surface area contributed by atoms with Crippen LogP contribution in [0.25, 0.3) is 0 Å². The minimum atomic E-state index is -0.131. The summed E-state index contributed by atoms with van der Waals surface area (Å²) in [6.45, 7) is 0. The maximum atomic E-state index is 12.2. The van der Waals surface area contributed by atoms with Crippen molar-refractivity contribution >= 4 is 45.7 Å². The Morgan fingerprint density at radius 2 is 1.89 bits per heavy atom. The maximum Gasteiger partial charge on any atom is 0.234 e. The Morgan fingerprint density at radius 3 is 2.59 bits per heavy atom. The highest BCUT2D eigenvalue weighted by atomic mass is 32.2. The molecule has 7 nitrogen and oxygen atoms in total. The molecule has 1 aromatic heterocycles. The van der Waals surface area contributed by atoms with E-state index in [0.717, 1.165) is 31.4 Å². The number of carbonyl (C=O) groups is 2. The zero-order valence-corrected chi connectivity index (χ0v) is 16.7. The summed E-state index contributed by atoms with van der Waals surface area (Å²) in [4.78, 5) is 24.3. The van der Waals surface area contributed by atoms with E-state index in [2.05, 4.69) is 20.8 Å². The summed E-state index contributed by atoms with van der Waals surface area (Å²) >= 11 is 2.59. The van der Waals surface area contributed by atoms with Crippen LogP contribution >= 0.6 is 23.1 Å². The van der Waals surface area contributed by atoms with Gasteiger partial charge in [-0.25, -0.2) is 0 Å². The van der Waals surface area contributed by atoms with E-state index in [0.29, 0.717) is 15.2 Å². The van der Waals surface area contributed by atoms with Gasteiger partial charge in [0.25, 0.3) is 0 Å². The summed E-state index contributed by atoms with van der Waals surface area (Å²) in [5.74, 6) is 0.929. The zero-order chi connectivity index (χ0) is 19.1. The molecule has 2 aromatic rings. The van der Waals surface area contributed by atoms with Gasteiger partial charge in [0, 0.05) is 11.6 Å². The maximum absolute atomic E-state index is 12.2. The predicted octanol–water partition coefficient (Wildman–Crippen LogP) is 3.80. The van der Waals surface area contributed by atoms with E-state index >= 15 is 0 Å². The molecule has 0 bridgehead atoms. The van der Waals surface area contributed by atoms with Gasteiger partial charge in [0.15, 0.2) is 4.34 Å². The molecule has 1 aliphatic rings. The van der Waals surface area contributed by atoms with Crippen molar-refractivity contribution in [2.24, 2.45) is 5.92 Å². The van der Waals surface area contributed by atoms with Crippen molar-refractivity contribution in [2.45, 2.75) is 36.4 Å². The van der Waals surface area contributed by atoms with Crippen LogP contribution in [0.1, 0.15) is 32.1 Å². The monoisotopic (exact) mass is 406 g/mol. The molecule has 0 spiro atoms. The van der Waals surface area contributed by atoms with Crippen LogP contribution in [0.2, 0.25) is 0 Å². The third-order valence-corrected chi connectivity index (χ3v) is 6.29. The van der Waals surface area contributed by atoms with E-state index in [9.17, 15) is 9.59 Å². The number of benzene rings is 1. The number of amides is 2. The molecule has 0 radical (unpaired) electrons. The van der Waals surface area contributed by atoms with Crippen molar-refractivity contribution in [1.29, 1.82) is 0 Å². The van der Waals surface area contributed by atoms with Gasteiger partial charge >= 0.3 is 0 Å². The van der Waals surface area contributed by atoms with Crippen molar-refractivity contribution in [3.05, 3.63) is 24.3 Å². The Hall–Kier alpha value is -2.13. The molecule has 1 aromatic carbocycles. The van der Waals surface area contributed by atoms with Crippen molar-refractivity contribution in [1.82, 2.24) is 10.2 Å². The minimum Gasteiger partial charge on any atom is -0.497 e. The predicted molar refractivity (Wildman–Crippen MR) is 107 cm³/mol. The Balaban J connectivity index is 1.44. The molecule has 0 atom stereocenters. The van der Waals surface area contributed by atoms with Gasteiger partial charge in [0.1, 0.15) is 5.75 Å². The van der Waals surface area contributed by atoms with E-state index in [1.165, 1.54) is 29.5 Å². The highest BCUT2D eigenvalue weighted by molar-refractivity contribution is 8.01. The first kappa shape index (κ1) is 19.6. The van der Waals surface area contributed by atoms with E-state index in [-0.39, 0.29) is 23.5 Å². The fourth-order valence-corrected chi connectivity index (χ4v) is 4.44. The van der Waals surface area contributed by atoms with Gasteiger partial charge in [-0.2, -0.15) is 0 Å². The van der Waals surface area contributed by atoms with Crippen LogP contribution in [0.15, 0.2) is 28.6 Å². The fourth-order valence-electron chi connectivity index (χ4n) is 2.89. The Morgan fingerprint density at radius 1 is 1.15 bits per heavy atom. The fraction of sp³-hybridized carbons (Fsp3) is 0.444. The third-order valence-electron chi connectivity index (χ3n) is 4.31. The number of methoxy groups -OCH3 is 1. The van der Waals surface area contributed by atoms with Gasteiger partial charge < -0.3 is 15.4 Å². The number of anilines is 2. The minimum absolute atomic E-state index is 0.0275. The summed E-state index contributed by atoms with van der Waals surface area (Å²) in [6.07, 6.45) is 5.31. The van der Waals surface area contributed by atoms with E-state index in [1.807, 2.05) is 0 Å². The number of hydrogen-bond donors (Lipinski definition) is 2. The average molecular weight is 407 g/mol. The van der Waals surface area contributed by atoms with Crippen LogP contribution in [0.5, 0.6) is 5.75 Å². The van der Waals surface area contributed by atoms with E-state index < -0.39 is 0 Å². The van der Waals surface area contributed by atoms with Crippen molar-refractivity contribution in [2.75, 3.05) is 23.5 Å². The Labute approximate surface area is 166 Å². The lowest BCUT2D eigenvalue weighted by Crippen LogP contribution is -2.24. The second-order valence-electron chi connectivity index (χ2n) is 6.26. The molecular weight excluding hydrogens is 384 g/mol. The van der Waals surface area contributed by atoms with Crippen molar-refractivity contribution in [3.8, 4) is 5.75 Å². The standard InChI is InChI=1S/C18H22N4O3S2/c1-25-14-9-7-13(8-10-14)19-15(23)11-26-18-22-21-17(27-18)20-16(24)12-5-3-2-4-6-12/h7-10,12H,2-6,11H2,1H3,(H,19,23)(H,20,21,24). The second-order valence-corrected chi connectivity index (χ2v) is 8.46. The highest BCUT2D eigenvalue weighted by Gasteiger charge is 2.22. The largest absolute Gasteiger partial charge is 0.497 e. The van der Waals surface area contributed by atoms with Crippen molar-refractivity contribution < 1.29 is 14.3 Å². The number of aromatic nitrogens is 2. The number of ether oxygens (including phenoxy) is 1. The summed E-state index contributed by atoms with van der Waals surface area (Å²) < 4.78 is 5.74. The lowest BCUT2D eigenvalue weighted by Gasteiger charge is -2.19. The summed E-state index contributed by atoms with van der Waals surface area (Å²) in [6, 6.07) is 7.14. The molecule has 0 aliphatic heterocycles. The Kier molecular flexibility index (Phi) is 7.05. The van der Waals surface area contributed by atoms with Crippen molar-refractivity contribution in [3.63, 3.8) is 0 Å². The Bertz CT molecular complexity index is 773. The number of carbonyl (C=O) groups excluding carboxylic acids is 2. The molecule has 1 saturated carbocycles. The van der Waals surface area contributed by atoms with Crippen LogP contribution in [-0.2, 0) is 9.59 Å². The molecular formula is C18H22N4O3S2. The molecule has 0 saturated heterocycles. The van der Waals surface area contributed by atoms with Gasteiger partial charge in [-0.3, -0.25) is 9.59 Å². The number of hydrogen-bond acceptors (Lipinski definition) is 7. The molecule has 1 heterocycles. The number of rotatable bonds is 7. The molecule has 1 aliphatic carbocycles. The molecule has 1 fully saturated rings. The zero-order valence-electron chi connectivity index (χ0n) is 15.1. The topological polar surface area (TPSA) is 93.2 Å². The number of thioether (sulfide) groups is 1. The molecule has 144 valence electrons. The van der Waals surface area contributed by atoms with Gasteiger partial charge in [-0.15, -0.1) is 10.2 Å². The van der Waals surface area contributed by atoms with E-state index in [4.69, 9.17) is 4.74 Å². The molecule has 0 unspecified atom stereocenters. The number of nitrogens with one attached hydrogen (secondary N) is 2. The third kappa shape index (κ3) is 5.93. The van der Waals surface area contributed by atoms with Gasteiger partial charge in [0.2, 0.25) is 16.9 Å². The quantitative estimate of drug-likeness (QED) is 0.537. The van der Waals surface area contributed by atoms with Crippen LogP contribution in [0.4, 0.5) is 10.8 Å². The average Bonchev–Trinajstić information content (AvgIpc) is 3.15. The lowest BCUT2D eigenvalue weighted by atomic mass is 9.89. The van der Waals surface area contributed by atoms with Gasteiger partial charge in [-0.1, -0.05) is 42.4 Å². The van der Waals surface area contributed by atoms with Gasteiger partial charge in [0.05, 0.1) is 12.9 Å². The molecule has 27 heavy (non-hydrogen) atoms. The van der Waals surface area contributed by atoms with E-state index in [1.54, 1.807) is 31.4 Å². The highest BCUT2D eigenvalue weighted by Crippen LogP contribution is 2.28. The van der Waals surface area contributed by atoms with Crippen LogP contribution < -0.4 is 15.4 Å². The summed E-state index contributed by atoms with van der Waals surface area (Å²) in [7, 11) is 1.60. The SMILES string of the molecule is COc1ccc(NC(=O)CSc2nnc(NC(=O)C3CCCCC3)s2)cc1. The van der Waals surface area contributed by atoms with Crippen LogP contribution in [-0.4, -0.2) is 34.9 Å². The second kappa shape index (κ2) is 9.70. The smallest absolute Gasteiger partial charge is 0.234 e. The molecule has 2 N–H and O–H groups in total. The normalized spacial score (nSPS) is 14.6.